The second-order valence-electron chi connectivity index (χ2n) is 8.29. The fourth-order valence-electron chi connectivity index (χ4n) is 4.35. The highest BCUT2D eigenvalue weighted by molar-refractivity contribution is 5.96. The van der Waals surface area contributed by atoms with Crippen LogP contribution < -0.4 is 25.0 Å². The summed E-state index contributed by atoms with van der Waals surface area (Å²) >= 11 is 0. The molecule has 0 spiro atoms. The Morgan fingerprint density at radius 2 is 2.03 bits per heavy atom. The molecule has 2 N–H and O–H groups in total. The van der Waals surface area contributed by atoms with E-state index in [1.807, 2.05) is 53.2 Å². The monoisotopic (exact) mass is 472 g/mol. The van der Waals surface area contributed by atoms with Crippen LogP contribution in [0.2, 0.25) is 0 Å². The second kappa shape index (κ2) is 8.80. The third kappa shape index (κ3) is 4.08. The van der Waals surface area contributed by atoms with Crippen LogP contribution in [0, 0.1) is 0 Å². The molecule has 4 aromatic rings. The lowest BCUT2D eigenvalue weighted by molar-refractivity contribution is -0.118. The molecule has 2 aliphatic heterocycles. The van der Waals surface area contributed by atoms with Gasteiger partial charge in [-0.1, -0.05) is 0 Å². The summed E-state index contributed by atoms with van der Waals surface area (Å²) in [6, 6.07) is 11.6. The van der Waals surface area contributed by atoms with Crippen LogP contribution in [0.1, 0.15) is 0 Å². The molecule has 2 aliphatic rings. The minimum absolute atomic E-state index is 0.0213. The Morgan fingerprint density at radius 1 is 1.14 bits per heavy atom. The van der Waals surface area contributed by atoms with E-state index < -0.39 is 0 Å². The summed E-state index contributed by atoms with van der Waals surface area (Å²) in [5.41, 5.74) is 4.75. The molecule has 178 valence electrons. The lowest BCUT2D eigenvalue weighted by Crippen LogP contribution is -2.36. The first kappa shape index (κ1) is 21.2. The highest BCUT2D eigenvalue weighted by Gasteiger charge is 2.19. The molecule has 6 rings (SSSR count). The number of ether oxygens (including phenoxy) is 3. The normalized spacial score (nSPS) is 15.3. The maximum atomic E-state index is 11.8. The number of fused-ring (bicyclic) bond motifs is 2. The average Bonchev–Trinajstić information content (AvgIpc) is 3.38. The lowest BCUT2D eigenvalue weighted by atomic mass is 10.1. The van der Waals surface area contributed by atoms with Gasteiger partial charge >= 0.3 is 0 Å². The molecule has 1 fully saturated rings. The van der Waals surface area contributed by atoms with Crippen LogP contribution in [0.15, 0.2) is 55.0 Å². The zero-order chi connectivity index (χ0) is 23.8. The fourth-order valence-corrected chi connectivity index (χ4v) is 4.35. The van der Waals surface area contributed by atoms with Gasteiger partial charge in [0.2, 0.25) is 0 Å². The van der Waals surface area contributed by atoms with E-state index in [1.165, 1.54) is 0 Å². The van der Waals surface area contributed by atoms with E-state index >= 15 is 0 Å². The van der Waals surface area contributed by atoms with Crippen molar-refractivity contribution >= 4 is 34.4 Å². The number of amides is 1. The van der Waals surface area contributed by atoms with E-state index in [9.17, 15) is 4.79 Å². The van der Waals surface area contributed by atoms with E-state index in [2.05, 4.69) is 20.5 Å². The minimum atomic E-state index is -0.176. The maximum Gasteiger partial charge on any atom is 0.262 e. The zero-order valence-electron chi connectivity index (χ0n) is 19.2. The number of hydrogen-bond donors (Lipinski definition) is 2. The smallest absolute Gasteiger partial charge is 0.262 e. The number of anilines is 4. The molecule has 4 heterocycles. The summed E-state index contributed by atoms with van der Waals surface area (Å²) in [6.45, 7) is 3.08. The first-order valence-corrected chi connectivity index (χ1v) is 11.4. The number of imidazole rings is 1. The van der Waals surface area contributed by atoms with Crippen molar-refractivity contribution < 1.29 is 19.0 Å². The fraction of sp³-hybridized carbons (Fsp3) is 0.240. The van der Waals surface area contributed by atoms with Crippen LogP contribution >= 0.6 is 0 Å². The van der Waals surface area contributed by atoms with Crippen molar-refractivity contribution in [3.8, 4) is 22.8 Å². The van der Waals surface area contributed by atoms with E-state index in [0.29, 0.717) is 36.1 Å². The van der Waals surface area contributed by atoms with Crippen LogP contribution in [-0.4, -0.2) is 60.3 Å². The van der Waals surface area contributed by atoms with Gasteiger partial charge < -0.3 is 34.1 Å². The summed E-state index contributed by atoms with van der Waals surface area (Å²) in [6.07, 6.45) is 5.51. The first-order chi connectivity index (χ1) is 17.2. The third-order valence-electron chi connectivity index (χ3n) is 6.08. The SMILES string of the molecule is COc1cc(Nc2nc(-c3ccc4c(c3)NC(=O)CO4)cn3ccnc23)ccc1N1CCOCC1. The number of rotatable bonds is 5. The summed E-state index contributed by atoms with van der Waals surface area (Å²) in [5, 5.41) is 6.25. The lowest BCUT2D eigenvalue weighted by Gasteiger charge is -2.30. The summed E-state index contributed by atoms with van der Waals surface area (Å²) in [7, 11) is 1.67. The van der Waals surface area contributed by atoms with Crippen LogP contribution in [-0.2, 0) is 9.53 Å². The Hall–Kier alpha value is -4.31. The molecule has 0 radical (unpaired) electrons. The summed E-state index contributed by atoms with van der Waals surface area (Å²) in [4.78, 5) is 23.3. The highest BCUT2D eigenvalue weighted by atomic mass is 16.5. The van der Waals surface area contributed by atoms with Crippen molar-refractivity contribution in [3.05, 3.63) is 55.0 Å². The predicted octanol–water partition coefficient (Wildman–Crippen LogP) is 3.32. The number of methoxy groups -OCH3 is 1. The van der Waals surface area contributed by atoms with Gasteiger partial charge in [0.05, 0.1) is 37.4 Å². The number of morpholine rings is 1. The Bertz CT molecular complexity index is 1410. The Balaban J connectivity index is 1.35. The van der Waals surface area contributed by atoms with E-state index in [-0.39, 0.29) is 12.5 Å². The van der Waals surface area contributed by atoms with Gasteiger partial charge in [0.15, 0.2) is 18.1 Å². The molecule has 35 heavy (non-hydrogen) atoms. The maximum absolute atomic E-state index is 11.8. The molecule has 0 unspecified atom stereocenters. The standard InChI is InChI=1S/C25H24N6O4/c1-33-22-13-17(3-4-20(22)30-8-10-34-11-9-30)27-24-25-26-6-7-31(25)14-19(29-24)16-2-5-21-18(12-16)28-23(32)15-35-21/h2-7,12-14H,8-11,15H2,1H3,(H,27,29)(H,28,32). The van der Waals surface area contributed by atoms with Gasteiger partial charge in [0.1, 0.15) is 11.5 Å². The van der Waals surface area contributed by atoms with Crippen LogP contribution in [0.5, 0.6) is 11.5 Å². The van der Waals surface area contributed by atoms with Gasteiger partial charge in [0.25, 0.3) is 5.91 Å². The van der Waals surface area contributed by atoms with Gasteiger partial charge in [0, 0.05) is 49.0 Å². The average molecular weight is 473 g/mol. The van der Waals surface area contributed by atoms with Gasteiger partial charge in [-0.25, -0.2) is 9.97 Å². The number of benzene rings is 2. The van der Waals surface area contributed by atoms with Gasteiger partial charge in [-0.3, -0.25) is 4.79 Å². The van der Waals surface area contributed by atoms with Gasteiger partial charge in [-0.15, -0.1) is 0 Å². The number of hydrogen-bond acceptors (Lipinski definition) is 8. The summed E-state index contributed by atoms with van der Waals surface area (Å²) in [5.74, 6) is 1.84. The molecule has 2 aromatic carbocycles. The number of nitrogens with one attached hydrogen (secondary N) is 2. The minimum Gasteiger partial charge on any atom is -0.495 e. The molecule has 0 saturated carbocycles. The molecular formula is C25H24N6O4. The predicted molar refractivity (Wildman–Crippen MR) is 132 cm³/mol. The zero-order valence-corrected chi connectivity index (χ0v) is 19.2. The van der Waals surface area contributed by atoms with Crippen LogP contribution in [0.4, 0.5) is 22.9 Å². The van der Waals surface area contributed by atoms with Crippen molar-refractivity contribution in [2.24, 2.45) is 0 Å². The molecule has 10 nitrogen and oxygen atoms in total. The molecule has 0 aliphatic carbocycles. The van der Waals surface area contributed by atoms with Gasteiger partial charge in [-0.2, -0.15) is 0 Å². The Labute approximate surface area is 201 Å². The van der Waals surface area contributed by atoms with Crippen LogP contribution in [0.25, 0.3) is 16.9 Å². The van der Waals surface area contributed by atoms with Crippen molar-refractivity contribution in [2.75, 3.05) is 55.6 Å². The summed E-state index contributed by atoms with van der Waals surface area (Å²) < 4.78 is 18.6. The van der Waals surface area contributed by atoms with Gasteiger partial charge in [-0.05, 0) is 30.3 Å². The first-order valence-electron chi connectivity index (χ1n) is 11.4. The molecule has 0 bridgehead atoms. The molecular weight excluding hydrogens is 448 g/mol. The molecule has 1 amide bonds. The largest absolute Gasteiger partial charge is 0.495 e. The van der Waals surface area contributed by atoms with E-state index in [4.69, 9.17) is 19.2 Å². The second-order valence-corrected chi connectivity index (χ2v) is 8.29. The molecule has 0 atom stereocenters. The van der Waals surface area contributed by atoms with Crippen molar-refractivity contribution in [1.82, 2.24) is 14.4 Å². The Morgan fingerprint density at radius 3 is 2.89 bits per heavy atom. The molecule has 2 aromatic heterocycles. The Kier molecular flexibility index (Phi) is 5.34. The quantitative estimate of drug-likeness (QED) is 0.456. The number of carbonyl (C=O) groups excluding carboxylic acids is 1. The van der Waals surface area contributed by atoms with Crippen molar-refractivity contribution in [3.63, 3.8) is 0 Å². The highest BCUT2D eigenvalue weighted by Crippen LogP contribution is 2.35. The topological polar surface area (TPSA) is 102 Å². The number of nitrogens with zero attached hydrogens (tertiary/aromatic N) is 4. The van der Waals surface area contributed by atoms with Crippen LogP contribution in [0.3, 0.4) is 0 Å². The molecule has 1 saturated heterocycles. The van der Waals surface area contributed by atoms with E-state index in [0.717, 1.165) is 41.5 Å². The third-order valence-corrected chi connectivity index (χ3v) is 6.08. The van der Waals surface area contributed by atoms with E-state index in [1.54, 1.807) is 13.3 Å². The number of carbonyl (C=O) groups is 1. The van der Waals surface area contributed by atoms with Crippen molar-refractivity contribution in [1.29, 1.82) is 0 Å². The van der Waals surface area contributed by atoms with Crippen molar-refractivity contribution in [2.45, 2.75) is 0 Å². The molecule has 10 heteroatoms. The number of aromatic nitrogens is 3.